The van der Waals surface area contributed by atoms with Crippen LogP contribution in [0.25, 0.3) is 0 Å². The molecule has 0 spiro atoms. The third kappa shape index (κ3) is 0.709. The van der Waals surface area contributed by atoms with E-state index >= 15 is 0 Å². The number of rotatable bonds is 0. The van der Waals surface area contributed by atoms with E-state index in [4.69, 9.17) is 6.40 Å². The summed E-state index contributed by atoms with van der Waals surface area (Å²) in [6, 6.07) is 0. The second-order valence-electron chi connectivity index (χ2n) is 2.07. The Morgan fingerprint density at radius 3 is 2.00 bits per heavy atom. The summed E-state index contributed by atoms with van der Waals surface area (Å²) in [6.07, 6.45) is 0. The maximum absolute atomic E-state index is 5.04. The summed E-state index contributed by atoms with van der Waals surface area (Å²) in [6.45, 7) is 3.84. The van der Waals surface area contributed by atoms with Gasteiger partial charge in [0.15, 0.2) is 0 Å². The van der Waals surface area contributed by atoms with Crippen LogP contribution in [0.1, 0.15) is 13.8 Å². The van der Waals surface area contributed by atoms with Crippen LogP contribution in [0.15, 0.2) is 10.3 Å². The summed E-state index contributed by atoms with van der Waals surface area (Å²) in [5.41, 5.74) is 1.88. The molecule has 0 aromatic heterocycles. The first kappa shape index (κ1) is 6.32. The summed E-state index contributed by atoms with van der Waals surface area (Å²) >= 11 is -1.94. The molecule has 2 aliphatic rings. The molecule has 0 radical (unpaired) electrons. The van der Waals surface area contributed by atoms with Crippen LogP contribution >= 0.6 is 0 Å². The van der Waals surface area contributed by atoms with Crippen LogP contribution in [-0.2, 0) is 6.40 Å². The monoisotopic (exact) mass is 256 g/mol. The van der Waals surface area contributed by atoms with Crippen molar-refractivity contribution in [3.05, 3.63) is 0 Å². The fraction of sp³-hybridized carbons (Fsp3) is 0.400. The molecule has 2 aliphatic heterocycles. The van der Waals surface area contributed by atoms with E-state index in [1.54, 1.807) is 0 Å². The van der Waals surface area contributed by atoms with E-state index in [-0.39, 0.29) is 0 Å². The van der Waals surface area contributed by atoms with Crippen molar-refractivity contribution in [2.75, 3.05) is 0 Å². The van der Waals surface area contributed by atoms with Crippen LogP contribution in [-0.4, -0.2) is 34.9 Å². The number of hydrogen-bond acceptors (Lipinski definition) is 4. The first-order chi connectivity index (χ1) is 4.79. The Morgan fingerprint density at radius 2 is 1.60 bits per heavy atom. The fourth-order valence-electron chi connectivity index (χ4n) is 0.854. The van der Waals surface area contributed by atoms with E-state index in [2.05, 4.69) is 10.3 Å². The molecule has 0 atom stereocenters. The van der Waals surface area contributed by atoms with Crippen molar-refractivity contribution in [3.63, 3.8) is 0 Å². The van der Waals surface area contributed by atoms with Gasteiger partial charge in [-0.3, -0.25) is 0 Å². The van der Waals surface area contributed by atoms with Crippen molar-refractivity contribution >= 4 is 34.9 Å². The predicted octanol–water partition coefficient (Wildman–Crippen LogP) is 0.0409. The molecular weight excluding hydrogens is 248 g/mol. The number of oxime groups is 2. The van der Waals surface area contributed by atoms with Crippen LogP contribution in [0.2, 0.25) is 0 Å². The van der Waals surface area contributed by atoms with E-state index in [0.29, 0.717) is 0 Å². The van der Waals surface area contributed by atoms with Crippen molar-refractivity contribution in [2.24, 2.45) is 10.3 Å². The van der Waals surface area contributed by atoms with Crippen molar-refractivity contribution in [3.8, 4) is 0 Å². The van der Waals surface area contributed by atoms with Gasteiger partial charge in [-0.15, -0.1) is 0 Å². The summed E-state index contributed by atoms with van der Waals surface area (Å²) in [5.74, 6) is 0. The van der Waals surface area contributed by atoms with Gasteiger partial charge in [-0.25, -0.2) is 0 Å². The van der Waals surface area contributed by atoms with Gasteiger partial charge in [0.2, 0.25) is 0 Å². The van der Waals surface area contributed by atoms with Gasteiger partial charge >= 0.3 is 65.4 Å². The van der Waals surface area contributed by atoms with E-state index in [0.717, 1.165) is 15.0 Å². The van der Waals surface area contributed by atoms with Crippen LogP contribution in [0.5, 0.6) is 0 Å². The fourth-order valence-corrected chi connectivity index (χ4v) is 3.97. The SMILES string of the molecule is CC1=NO[Te]2=C1C(C)=NO2. The molecule has 2 rings (SSSR count). The van der Waals surface area contributed by atoms with Crippen molar-refractivity contribution in [2.45, 2.75) is 13.8 Å². The molecule has 0 N–H and O–H groups in total. The van der Waals surface area contributed by atoms with Gasteiger partial charge in [-0.05, 0) is 0 Å². The zero-order valence-electron chi connectivity index (χ0n) is 5.62. The third-order valence-corrected chi connectivity index (χ3v) is 5.14. The molecule has 0 fully saturated rings. The Labute approximate surface area is 65.7 Å². The molecule has 0 aromatic carbocycles. The molecule has 0 bridgehead atoms. The molecule has 54 valence electrons. The Hall–Kier alpha value is -0.400. The minimum atomic E-state index is -1.94. The van der Waals surface area contributed by atoms with E-state index in [1.807, 2.05) is 13.8 Å². The molecule has 0 saturated heterocycles. The molecule has 0 amide bonds. The molecule has 0 saturated carbocycles. The quantitative estimate of drug-likeness (QED) is 0.572. The second-order valence-corrected chi connectivity index (χ2v) is 5.42. The third-order valence-electron chi connectivity index (χ3n) is 1.31. The first-order valence-electron chi connectivity index (χ1n) is 2.85. The molecule has 0 aromatic rings. The van der Waals surface area contributed by atoms with E-state index in [1.165, 1.54) is 0 Å². The van der Waals surface area contributed by atoms with Crippen LogP contribution in [0.3, 0.4) is 0 Å². The van der Waals surface area contributed by atoms with Gasteiger partial charge in [0.25, 0.3) is 0 Å². The molecular formula is C5H6N2O2Te. The van der Waals surface area contributed by atoms with Gasteiger partial charge < -0.3 is 0 Å². The second kappa shape index (κ2) is 2.04. The minimum absolute atomic E-state index is 0.940. The topological polar surface area (TPSA) is 43.2 Å². The molecule has 10 heavy (non-hydrogen) atoms. The van der Waals surface area contributed by atoms with Gasteiger partial charge in [0.05, 0.1) is 0 Å². The number of hydrogen-bond donors (Lipinski definition) is 0. The van der Waals surface area contributed by atoms with Gasteiger partial charge in [0, 0.05) is 0 Å². The maximum atomic E-state index is 5.04. The van der Waals surface area contributed by atoms with Crippen molar-refractivity contribution < 1.29 is 6.40 Å². The normalized spacial score (nSPS) is 23.2. The molecule has 4 nitrogen and oxygen atoms in total. The van der Waals surface area contributed by atoms with E-state index in [9.17, 15) is 0 Å². The Balaban J connectivity index is 2.46. The van der Waals surface area contributed by atoms with Crippen LogP contribution in [0.4, 0.5) is 0 Å². The number of nitrogens with zero attached hydrogens (tertiary/aromatic N) is 2. The first-order valence-corrected chi connectivity index (χ1v) is 5.92. The molecule has 0 unspecified atom stereocenters. The zero-order valence-corrected chi connectivity index (χ0v) is 7.95. The van der Waals surface area contributed by atoms with Gasteiger partial charge in [-0.1, -0.05) is 0 Å². The average Bonchev–Trinajstić information content (AvgIpc) is 2.40. The Kier molecular flexibility index (Phi) is 1.29. The van der Waals surface area contributed by atoms with Crippen molar-refractivity contribution in [1.29, 1.82) is 0 Å². The van der Waals surface area contributed by atoms with Gasteiger partial charge in [0.1, 0.15) is 0 Å². The van der Waals surface area contributed by atoms with Crippen LogP contribution < -0.4 is 0 Å². The summed E-state index contributed by atoms with van der Waals surface area (Å²) in [4.78, 5) is 0. The summed E-state index contributed by atoms with van der Waals surface area (Å²) in [7, 11) is 0. The molecule has 0 aliphatic carbocycles. The van der Waals surface area contributed by atoms with Crippen LogP contribution in [0, 0.1) is 0 Å². The Bertz CT molecular complexity index is 253. The van der Waals surface area contributed by atoms with E-state index < -0.39 is 19.9 Å². The average molecular weight is 254 g/mol. The molecule has 2 heterocycles. The van der Waals surface area contributed by atoms with Crippen molar-refractivity contribution in [1.82, 2.24) is 0 Å². The predicted molar refractivity (Wildman–Crippen MR) is 39.1 cm³/mol. The Morgan fingerprint density at radius 1 is 1.10 bits per heavy atom. The molecule has 5 heteroatoms. The zero-order chi connectivity index (χ0) is 7.14. The standard InChI is InChI=1S/C5H6N2O2Te/c1-3-5-4(2)7-9-10(5)8-6-3/h1-2H3. The summed E-state index contributed by atoms with van der Waals surface area (Å²) in [5, 5.41) is 7.64. The summed E-state index contributed by atoms with van der Waals surface area (Å²) < 4.78 is 11.2. The van der Waals surface area contributed by atoms with Gasteiger partial charge in [-0.2, -0.15) is 0 Å².